The molecular formula is C31H44ClNO3. The molecule has 0 saturated heterocycles. The Labute approximate surface area is 221 Å². The first-order valence-corrected chi connectivity index (χ1v) is 14.7. The van der Waals surface area contributed by atoms with Crippen molar-refractivity contribution in [2.75, 3.05) is 0 Å². The molecule has 8 atom stereocenters. The Morgan fingerprint density at radius 3 is 2.36 bits per heavy atom. The SMILES string of the molecule is CC1(C)CC[C@]2(C(=O)Cl)CC[C@]3(C)C(C(=O)C[C@@H]4[C@@]5(C)Cc6cnoc6C(C)(C)[C@@H]5CC[C@]43C)C2C1. The van der Waals surface area contributed by atoms with E-state index in [0.29, 0.717) is 24.0 Å². The second-order valence-corrected chi connectivity index (χ2v) is 16.0. The summed E-state index contributed by atoms with van der Waals surface area (Å²) in [4.78, 5) is 27.5. The van der Waals surface area contributed by atoms with E-state index in [-0.39, 0.29) is 44.2 Å². The van der Waals surface area contributed by atoms with Gasteiger partial charge in [-0.25, -0.2) is 0 Å². The molecule has 198 valence electrons. The largest absolute Gasteiger partial charge is 0.361 e. The van der Waals surface area contributed by atoms with Gasteiger partial charge in [-0.15, -0.1) is 0 Å². The lowest BCUT2D eigenvalue weighted by atomic mass is 9.31. The Bertz CT molecular complexity index is 1140. The fraction of sp³-hybridized carbons (Fsp3) is 0.839. The normalized spacial score (nSPS) is 48.6. The summed E-state index contributed by atoms with van der Waals surface area (Å²) in [5.41, 5.74) is 0.692. The molecule has 5 aliphatic rings. The maximum atomic E-state index is 14.4. The average Bonchev–Trinajstić information content (AvgIpc) is 3.23. The van der Waals surface area contributed by atoms with Crippen LogP contribution in [0.4, 0.5) is 0 Å². The van der Waals surface area contributed by atoms with Crippen LogP contribution in [0, 0.1) is 50.7 Å². The van der Waals surface area contributed by atoms with Gasteiger partial charge in [0.1, 0.15) is 11.5 Å². The highest BCUT2D eigenvalue weighted by atomic mass is 35.5. The van der Waals surface area contributed by atoms with Crippen molar-refractivity contribution in [2.45, 2.75) is 112 Å². The van der Waals surface area contributed by atoms with Gasteiger partial charge >= 0.3 is 0 Å². The van der Waals surface area contributed by atoms with Crippen molar-refractivity contribution in [3.05, 3.63) is 17.5 Å². The van der Waals surface area contributed by atoms with E-state index in [1.807, 2.05) is 6.20 Å². The highest BCUT2D eigenvalue weighted by Gasteiger charge is 2.73. The van der Waals surface area contributed by atoms with Crippen LogP contribution in [0.5, 0.6) is 0 Å². The molecule has 0 radical (unpaired) electrons. The molecule has 1 heterocycles. The van der Waals surface area contributed by atoms with Crippen LogP contribution in [0.3, 0.4) is 0 Å². The molecule has 0 amide bonds. The molecule has 5 heteroatoms. The summed E-state index contributed by atoms with van der Waals surface area (Å²) in [6, 6.07) is 0. The second-order valence-electron chi connectivity index (χ2n) is 15.6. The van der Waals surface area contributed by atoms with Crippen LogP contribution in [-0.2, 0) is 21.4 Å². The molecule has 2 unspecified atom stereocenters. The summed E-state index contributed by atoms with van der Waals surface area (Å²) in [7, 11) is 0. The third kappa shape index (κ3) is 2.86. The van der Waals surface area contributed by atoms with Crippen LogP contribution in [0.1, 0.15) is 111 Å². The van der Waals surface area contributed by atoms with Crippen molar-refractivity contribution in [1.82, 2.24) is 5.16 Å². The Morgan fingerprint density at radius 2 is 1.67 bits per heavy atom. The number of carbonyl (C=O) groups excluding carboxylic acids is 2. The molecule has 0 bridgehead atoms. The fourth-order valence-corrected chi connectivity index (χ4v) is 11.7. The van der Waals surface area contributed by atoms with Crippen LogP contribution < -0.4 is 0 Å². The monoisotopic (exact) mass is 513 g/mol. The average molecular weight is 514 g/mol. The Hall–Kier alpha value is -1.16. The maximum Gasteiger partial charge on any atom is 0.228 e. The number of aromatic nitrogens is 1. The maximum absolute atomic E-state index is 14.4. The minimum absolute atomic E-state index is 0.0152. The van der Waals surface area contributed by atoms with Crippen LogP contribution in [0.25, 0.3) is 0 Å². The lowest BCUT2D eigenvalue weighted by Gasteiger charge is -2.72. The van der Waals surface area contributed by atoms with Gasteiger partial charge in [-0.05, 0) is 102 Å². The second kappa shape index (κ2) is 7.27. The van der Waals surface area contributed by atoms with Crippen molar-refractivity contribution >= 4 is 22.6 Å². The topological polar surface area (TPSA) is 60.2 Å². The molecule has 4 nitrogen and oxygen atoms in total. The van der Waals surface area contributed by atoms with E-state index in [9.17, 15) is 9.59 Å². The van der Waals surface area contributed by atoms with Crippen LogP contribution in [-0.4, -0.2) is 16.2 Å². The van der Waals surface area contributed by atoms with Gasteiger partial charge in [-0.1, -0.05) is 53.6 Å². The number of fused-ring (bicyclic) bond motifs is 8. The summed E-state index contributed by atoms with van der Waals surface area (Å²) >= 11 is 6.43. The zero-order chi connectivity index (χ0) is 26.1. The van der Waals surface area contributed by atoms with Gasteiger partial charge in [0.25, 0.3) is 0 Å². The Morgan fingerprint density at radius 1 is 0.972 bits per heavy atom. The first-order valence-electron chi connectivity index (χ1n) is 14.3. The van der Waals surface area contributed by atoms with Crippen LogP contribution in [0.2, 0.25) is 0 Å². The molecule has 1 aromatic rings. The molecule has 0 aliphatic heterocycles. The molecule has 0 N–H and O–H groups in total. The van der Waals surface area contributed by atoms with Crippen molar-refractivity contribution in [3.63, 3.8) is 0 Å². The number of halogens is 1. The van der Waals surface area contributed by atoms with E-state index in [0.717, 1.165) is 57.1 Å². The van der Waals surface area contributed by atoms with Gasteiger partial charge in [-0.3, -0.25) is 9.59 Å². The third-order valence-electron chi connectivity index (χ3n) is 13.3. The quantitative estimate of drug-likeness (QED) is 0.364. The molecule has 4 fully saturated rings. The first kappa shape index (κ1) is 25.1. The molecule has 0 spiro atoms. The summed E-state index contributed by atoms with van der Waals surface area (Å²) in [6.45, 7) is 16.7. The van der Waals surface area contributed by atoms with Gasteiger partial charge in [0.05, 0.1) is 6.20 Å². The van der Waals surface area contributed by atoms with Crippen molar-refractivity contribution in [2.24, 2.45) is 50.7 Å². The number of hydrogen-bond acceptors (Lipinski definition) is 4. The first-order chi connectivity index (χ1) is 16.6. The van der Waals surface area contributed by atoms with Crippen LogP contribution >= 0.6 is 11.6 Å². The van der Waals surface area contributed by atoms with Crippen LogP contribution in [0.15, 0.2) is 10.7 Å². The number of carbonyl (C=O) groups is 2. The van der Waals surface area contributed by atoms with Crippen molar-refractivity contribution in [1.29, 1.82) is 0 Å². The van der Waals surface area contributed by atoms with Gasteiger partial charge in [-0.2, -0.15) is 0 Å². The zero-order valence-electron chi connectivity index (χ0n) is 23.3. The molecule has 6 rings (SSSR count). The van der Waals surface area contributed by atoms with E-state index < -0.39 is 5.41 Å². The smallest absolute Gasteiger partial charge is 0.228 e. The predicted molar refractivity (Wildman–Crippen MR) is 141 cm³/mol. The molecule has 1 aromatic heterocycles. The molecule has 5 aliphatic carbocycles. The van der Waals surface area contributed by atoms with Gasteiger partial charge in [0, 0.05) is 28.7 Å². The van der Waals surface area contributed by atoms with E-state index in [1.165, 1.54) is 5.56 Å². The predicted octanol–water partition coefficient (Wildman–Crippen LogP) is 7.51. The number of hydrogen-bond donors (Lipinski definition) is 0. The van der Waals surface area contributed by atoms with Gasteiger partial charge in [0.2, 0.25) is 5.24 Å². The summed E-state index contributed by atoms with van der Waals surface area (Å²) in [5.74, 6) is 2.21. The van der Waals surface area contributed by atoms with Crippen molar-refractivity contribution < 1.29 is 14.1 Å². The Kier molecular flexibility index (Phi) is 5.08. The Balaban J connectivity index is 1.46. The summed E-state index contributed by atoms with van der Waals surface area (Å²) < 4.78 is 5.80. The van der Waals surface area contributed by atoms with Gasteiger partial charge in [0.15, 0.2) is 0 Å². The van der Waals surface area contributed by atoms with E-state index in [2.05, 4.69) is 53.6 Å². The lowest BCUT2D eigenvalue weighted by Crippen LogP contribution is -2.69. The number of Topliss-reactive ketones (excluding diaryl/α,β-unsaturated/α-hetero) is 1. The summed E-state index contributed by atoms with van der Waals surface area (Å²) in [6.07, 6.45) is 10.3. The lowest BCUT2D eigenvalue weighted by molar-refractivity contribution is -0.226. The molecule has 4 saturated carbocycles. The number of rotatable bonds is 1. The third-order valence-corrected chi connectivity index (χ3v) is 13.7. The minimum Gasteiger partial charge on any atom is -0.361 e. The fourth-order valence-electron chi connectivity index (χ4n) is 11.3. The number of nitrogens with zero attached hydrogens (tertiary/aromatic N) is 1. The minimum atomic E-state index is -0.522. The zero-order valence-corrected chi connectivity index (χ0v) is 24.1. The van der Waals surface area contributed by atoms with E-state index >= 15 is 0 Å². The molecule has 0 aromatic carbocycles. The number of ketones is 1. The van der Waals surface area contributed by atoms with Gasteiger partial charge < -0.3 is 4.52 Å². The molecular weight excluding hydrogens is 470 g/mol. The van der Waals surface area contributed by atoms with E-state index in [4.69, 9.17) is 16.1 Å². The summed E-state index contributed by atoms with van der Waals surface area (Å²) in [5, 5.41) is 4.02. The van der Waals surface area contributed by atoms with E-state index in [1.54, 1.807) is 0 Å². The van der Waals surface area contributed by atoms with Crippen molar-refractivity contribution in [3.8, 4) is 0 Å². The molecule has 36 heavy (non-hydrogen) atoms. The highest BCUT2D eigenvalue weighted by Crippen LogP contribution is 2.76. The standard InChI is InChI=1S/C31H44ClNO3/c1-26(2)10-12-31(25(32)35)13-11-30(7)23(19(31)16-26)20(34)14-22-28(5)15-18-17-33-36-24(18)27(3,4)21(28)8-9-29(22,30)6/h17,19,21-23H,8-16H2,1-7H3/t19?,21-,22+,23?,28-,29+,30+,31-/m0/s1. The highest BCUT2D eigenvalue weighted by molar-refractivity contribution is 6.64.